The fraction of sp³-hybridized carbons (Fsp3) is 0.476. The van der Waals surface area contributed by atoms with Crippen molar-refractivity contribution in [2.45, 2.75) is 52.4 Å². The molecule has 2 N–H and O–H groups in total. The SMILES string of the molecule is CCOC(=O)C=C[C@@H](CCNC(=O)OCc1ccccc1)NC(=O)OC(C)(C)C. The lowest BCUT2D eigenvalue weighted by atomic mass is 10.2. The van der Waals surface area contributed by atoms with Crippen LogP contribution in [0.25, 0.3) is 0 Å². The number of carbonyl (C=O) groups excluding carboxylic acids is 3. The Bertz CT molecular complexity index is 682. The summed E-state index contributed by atoms with van der Waals surface area (Å²) in [7, 11) is 0. The summed E-state index contributed by atoms with van der Waals surface area (Å²) in [5, 5.41) is 5.27. The van der Waals surface area contributed by atoms with Crippen LogP contribution in [0, 0.1) is 0 Å². The van der Waals surface area contributed by atoms with E-state index in [-0.39, 0.29) is 19.8 Å². The van der Waals surface area contributed by atoms with Crippen LogP contribution in [0.2, 0.25) is 0 Å². The standard InChI is InChI=1S/C21H30N2O6/c1-5-27-18(24)12-11-17(23-20(26)29-21(2,3)4)13-14-22-19(25)28-15-16-9-7-6-8-10-16/h6-12,17H,5,13-15H2,1-4H3,(H,22,25)(H,23,26)/t17-/m0/s1. The van der Waals surface area contributed by atoms with E-state index in [0.29, 0.717) is 6.42 Å². The van der Waals surface area contributed by atoms with Gasteiger partial charge in [-0.15, -0.1) is 0 Å². The zero-order valence-corrected chi connectivity index (χ0v) is 17.4. The molecule has 0 bridgehead atoms. The molecule has 0 fully saturated rings. The fourth-order valence-electron chi connectivity index (χ4n) is 2.16. The maximum atomic E-state index is 12.0. The van der Waals surface area contributed by atoms with Crippen LogP contribution >= 0.6 is 0 Å². The van der Waals surface area contributed by atoms with Gasteiger partial charge in [-0.2, -0.15) is 0 Å². The summed E-state index contributed by atoms with van der Waals surface area (Å²) in [6, 6.07) is 8.77. The molecule has 8 heteroatoms. The second-order valence-corrected chi connectivity index (χ2v) is 7.14. The largest absolute Gasteiger partial charge is 0.463 e. The molecule has 1 aromatic carbocycles. The molecule has 0 heterocycles. The second-order valence-electron chi connectivity index (χ2n) is 7.14. The third kappa shape index (κ3) is 12.1. The van der Waals surface area contributed by atoms with Gasteiger partial charge in [0.15, 0.2) is 0 Å². The van der Waals surface area contributed by atoms with Gasteiger partial charge in [-0.05, 0) is 39.7 Å². The summed E-state index contributed by atoms with van der Waals surface area (Å²) in [4.78, 5) is 35.3. The van der Waals surface area contributed by atoms with Gasteiger partial charge in [0.2, 0.25) is 0 Å². The van der Waals surface area contributed by atoms with Crippen molar-refractivity contribution >= 4 is 18.2 Å². The predicted octanol–water partition coefficient (Wildman–Crippen LogP) is 3.32. The van der Waals surface area contributed by atoms with Gasteiger partial charge in [0, 0.05) is 12.6 Å². The van der Waals surface area contributed by atoms with Gasteiger partial charge < -0.3 is 24.8 Å². The molecular weight excluding hydrogens is 376 g/mol. The van der Waals surface area contributed by atoms with Gasteiger partial charge in [-0.1, -0.05) is 36.4 Å². The van der Waals surface area contributed by atoms with Crippen molar-refractivity contribution in [3.63, 3.8) is 0 Å². The van der Waals surface area contributed by atoms with E-state index in [1.54, 1.807) is 27.7 Å². The van der Waals surface area contributed by atoms with E-state index >= 15 is 0 Å². The Morgan fingerprint density at radius 2 is 1.76 bits per heavy atom. The summed E-state index contributed by atoms with van der Waals surface area (Å²) in [6.45, 7) is 7.59. The Morgan fingerprint density at radius 3 is 2.38 bits per heavy atom. The molecule has 0 aliphatic rings. The minimum absolute atomic E-state index is 0.162. The van der Waals surface area contributed by atoms with Crippen LogP contribution < -0.4 is 10.6 Å². The Labute approximate surface area is 171 Å². The van der Waals surface area contributed by atoms with Crippen LogP contribution in [0.15, 0.2) is 42.5 Å². The highest BCUT2D eigenvalue weighted by Gasteiger charge is 2.18. The number of rotatable bonds is 9. The topological polar surface area (TPSA) is 103 Å². The van der Waals surface area contributed by atoms with E-state index < -0.39 is 29.8 Å². The molecule has 0 radical (unpaired) electrons. The number of amides is 2. The Balaban J connectivity index is 2.51. The third-order valence-corrected chi connectivity index (χ3v) is 3.39. The van der Waals surface area contributed by atoms with Gasteiger partial charge in [0.05, 0.1) is 12.6 Å². The molecule has 160 valence electrons. The molecule has 0 spiro atoms. The first-order valence-corrected chi connectivity index (χ1v) is 9.48. The van der Waals surface area contributed by atoms with Crippen LogP contribution in [-0.4, -0.2) is 43.0 Å². The molecule has 0 saturated carbocycles. The van der Waals surface area contributed by atoms with Crippen molar-refractivity contribution < 1.29 is 28.6 Å². The van der Waals surface area contributed by atoms with Crippen LogP contribution in [-0.2, 0) is 25.6 Å². The van der Waals surface area contributed by atoms with Crippen LogP contribution in [0.5, 0.6) is 0 Å². The van der Waals surface area contributed by atoms with Crippen LogP contribution in [0.4, 0.5) is 9.59 Å². The van der Waals surface area contributed by atoms with Gasteiger partial charge in [-0.25, -0.2) is 14.4 Å². The molecule has 2 amide bonds. The first-order valence-electron chi connectivity index (χ1n) is 9.48. The molecule has 1 atom stereocenters. The maximum absolute atomic E-state index is 12.0. The van der Waals surface area contributed by atoms with Crippen molar-refractivity contribution in [1.82, 2.24) is 10.6 Å². The molecule has 0 aromatic heterocycles. The molecule has 0 saturated heterocycles. The number of alkyl carbamates (subject to hydrolysis) is 2. The maximum Gasteiger partial charge on any atom is 0.408 e. The molecule has 29 heavy (non-hydrogen) atoms. The minimum atomic E-state index is -0.654. The predicted molar refractivity (Wildman–Crippen MR) is 108 cm³/mol. The second kappa shape index (κ2) is 12.4. The molecule has 1 aromatic rings. The summed E-state index contributed by atoms with van der Waals surface area (Å²) in [5.74, 6) is -0.515. The number of benzene rings is 1. The van der Waals surface area contributed by atoms with E-state index in [0.717, 1.165) is 5.56 Å². The molecule has 0 unspecified atom stereocenters. The monoisotopic (exact) mass is 406 g/mol. The van der Waals surface area contributed by atoms with Crippen molar-refractivity contribution in [3.8, 4) is 0 Å². The lowest BCUT2D eigenvalue weighted by molar-refractivity contribution is -0.137. The van der Waals surface area contributed by atoms with E-state index in [1.807, 2.05) is 30.3 Å². The van der Waals surface area contributed by atoms with Crippen molar-refractivity contribution in [2.24, 2.45) is 0 Å². The summed E-state index contributed by atoms with van der Waals surface area (Å²) < 4.78 is 15.2. The van der Waals surface area contributed by atoms with E-state index in [9.17, 15) is 14.4 Å². The van der Waals surface area contributed by atoms with Crippen LogP contribution in [0.3, 0.4) is 0 Å². The number of hydrogen-bond donors (Lipinski definition) is 2. The summed E-state index contributed by atoms with van der Waals surface area (Å²) in [5.41, 5.74) is 0.225. The molecule has 8 nitrogen and oxygen atoms in total. The molecule has 0 aliphatic heterocycles. The first-order chi connectivity index (χ1) is 13.7. The average Bonchev–Trinajstić information content (AvgIpc) is 2.64. The highest BCUT2D eigenvalue weighted by Crippen LogP contribution is 2.07. The zero-order chi connectivity index (χ0) is 21.7. The average molecular weight is 406 g/mol. The van der Waals surface area contributed by atoms with E-state index in [1.165, 1.54) is 12.2 Å². The number of ether oxygens (including phenoxy) is 3. The third-order valence-electron chi connectivity index (χ3n) is 3.39. The summed E-state index contributed by atoms with van der Waals surface area (Å²) >= 11 is 0. The quantitative estimate of drug-likeness (QED) is 0.370. The molecule has 1 rings (SSSR count). The van der Waals surface area contributed by atoms with Crippen molar-refractivity contribution in [3.05, 3.63) is 48.0 Å². The first kappa shape index (κ1) is 24.0. The lowest BCUT2D eigenvalue weighted by Crippen LogP contribution is -2.40. The van der Waals surface area contributed by atoms with Gasteiger partial charge >= 0.3 is 18.2 Å². The highest BCUT2D eigenvalue weighted by atomic mass is 16.6. The minimum Gasteiger partial charge on any atom is -0.463 e. The molecule has 0 aliphatic carbocycles. The van der Waals surface area contributed by atoms with Crippen molar-refractivity contribution in [2.75, 3.05) is 13.2 Å². The van der Waals surface area contributed by atoms with Gasteiger partial charge in [-0.3, -0.25) is 0 Å². The van der Waals surface area contributed by atoms with Gasteiger partial charge in [0.25, 0.3) is 0 Å². The number of hydrogen-bond acceptors (Lipinski definition) is 6. The molecular formula is C21H30N2O6. The highest BCUT2D eigenvalue weighted by molar-refractivity contribution is 5.82. The van der Waals surface area contributed by atoms with Crippen molar-refractivity contribution in [1.29, 1.82) is 0 Å². The summed E-state index contributed by atoms with van der Waals surface area (Å²) in [6.07, 6.45) is 1.87. The number of carbonyl (C=O) groups is 3. The smallest absolute Gasteiger partial charge is 0.408 e. The van der Waals surface area contributed by atoms with Crippen LogP contribution in [0.1, 0.15) is 39.7 Å². The van der Waals surface area contributed by atoms with E-state index in [2.05, 4.69) is 10.6 Å². The Morgan fingerprint density at radius 1 is 1.07 bits per heavy atom. The zero-order valence-electron chi connectivity index (χ0n) is 17.4. The van der Waals surface area contributed by atoms with Gasteiger partial charge in [0.1, 0.15) is 12.2 Å². The number of esters is 1. The van der Waals surface area contributed by atoms with E-state index in [4.69, 9.17) is 14.2 Å². The lowest BCUT2D eigenvalue weighted by Gasteiger charge is -2.22. The normalized spacial score (nSPS) is 12.1. The Hall–Kier alpha value is -3.03. The fourth-order valence-corrected chi connectivity index (χ4v) is 2.16. The number of nitrogens with one attached hydrogen (secondary N) is 2. The Kier molecular flexibility index (Phi) is 10.3.